The van der Waals surface area contributed by atoms with Crippen molar-refractivity contribution in [3.8, 4) is 5.75 Å². The van der Waals surface area contributed by atoms with E-state index >= 15 is 0 Å². The van der Waals surface area contributed by atoms with Crippen molar-refractivity contribution in [1.82, 2.24) is 16.0 Å². The first-order valence-corrected chi connectivity index (χ1v) is 9.82. The van der Waals surface area contributed by atoms with Gasteiger partial charge in [-0.05, 0) is 23.6 Å². The molecule has 0 heterocycles. The molecule has 12 heteroatoms. The summed E-state index contributed by atoms with van der Waals surface area (Å²) in [6, 6.07) is 2.32. The maximum Gasteiger partial charge on any atom is 0.326 e. The molecule has 1 aromatic carbocycles. The maximum absolute atomic E-state index is 12.7. The minimum atomic E-state index is -1.27. The number of phenolic OH excluding ortho intramolecular Hbond substituents is 1. The lowest BCUT2D eigenvalue weighted by atomic mass is 10.0. The van der Waals surface area contributed by atoms with E-state index in [9.17, 15) is 34.2 Å². The van der Waals surface area contributed by atoms with E-state index in [0.29, 0.717) is 5.56 Å². The Morgan fingerprint density at radius 1 is 1.00 bits per heavy atom. The number of carbonyl (C=O) groups is 5. The van der Waals surface area contributed by atoms with Crippen molar-refractivity contribution in [2.45, 2.75) is 44.8 Å². The van der Waals surface area contributed by atoms with Crippen LogP contribution in [-0.4, -0.2) is 64.5 Å². The van der Waals surface area contributed by atoms with Gasteiger partial charge in [0.15, 0.2) is 0 Å². The van der Waals surface area contributed by atoms with Crippen LogP contribution in [-0.2, 0) is 30.4 Å². The van der Waals surface area contributed by atoms with Gasteiger partial charge in [0.05, 0.1) is 19.0 Å². The van der Waals surface area contributed by atoms with Crippen molar-refractivity contribution in [2.24, 2.45) is 17.4 Å². The quantitative estimate of drug-likeness (QED) is 0.187. The molecule has 0 aliphatic carbocycles. The minimum absolute atomic E-state index is 0.0231. The van der Waals surface area contributed by atoms with Crippen LogP contribution in [0.15, 0.2) is 24.3 Å². The van der Waals surface area contributed by atoms with Crippen molar-refractivity contribution in [3.63, 3.8) is 0 Å². The van der Waals surface area contributed by atoms with Crippen LogP contribution >= 0.6 is 0 Å². The number of aliphatic carboxylic acids is 1. The van der Waals surface area contributed by atoms with Crippen LogP contribution in [0.1, 0.15) is 25.8 Å². The van der Waals surface area contributed by atoms with Crippen molar-refractivity contribution in [3.05, 3.63) is 29.8 Å². The molecule has 0 bridgehead atoms. The lowest BCUT2D eigenvalue weighted by Gasteiger charge is -2.24. The summed E-state index contributed by atoms with van der Waals surface area (Å²) < 4.78 is 0. The van der Waals surface area contributed by atoms with E-state index in [1.54, 1.807) is 13.8 Å². The number of nitrogens with two attached hydrogens (primary N) is 2. The predicted octanol–water partition coefficient (Wildman–Crippen LogP) is -2.04. The fraction of sp³-hybridized carbons (Fsp3) is 0.450. The molecular weight excluding hydrogens is 422 g/mol. The standard InChI is InChI=1S/C20H29N5O7/c1-10(2)17(25-16(28)9-23-18(29)13(21)8-15(22)27)19(30)24-14(20(31)32)7-11-3-5-12(26)6-4-11/h3-6,10,13-14,17,26H,7-9,21H2,1-2H3,(H2,22,27)(H,23,29)(H,24,30)(H,25,28)(H,31,32). The van der Waals surface area contributed by atoms with Gasteiger partial charge in [-0.1, -0.05) is 26.0 Å². The van der Waals surface area contributed by atoms with Gasteiger partial charge in [0, 0.05) is 6.42 Å². The Morgan fingerprint density at radius 2 is 1.59 bits per heavy atom. The minimum Gasteiger partial charge on any atom is -0.508 e. The van der Waals surface area contributed by atoms with E-state index in [2.05, 4.69) is 16.0 Å². The van der Waals surface area contributed by atoms with E-state index in [1.807, 2.05) is 0 Å². The van der Waals surface area contributed by atoms with Gasteiger partial charge in [-0.2, -0.15) is 0 Å². The summed E-state index contributed by atoms with van der Waals surface area (Å²) in [5, 5.41) is 25.9. The Hall–Kier alpha value is -3.67. The smallest absolute Gasteiger partial charge is 0.326 e. The maximum atomic E-state index is 12.7. The van der Waals surface area contributed by atoms with Crippen LogP contribution in [0.5, 0.6) is 5.75 Å². The summed E-state index contributed by atoms with van der Waals surface area (Å²) >= 11 is 0. The van der Waals surface area contributed by atoms with E-state index in [4.69, 9.17) is 11.5 Å². The lowest BCUT2D eigenvalue weighted by molar-refractivity contribution is -0.142. The molecular formula is C20H29N5O7. The average Bonchev–Trinajstić information content (AvgIpc) is 2.70. The number of aromatic hydroxyl groups is 1. The first-order valence-electron chi connectivity index (χ1n) is 9.82. The molecule has 176 valence electrons. The largest absolute Gasteiger partial charge is 0.508 e. The van der Waals surface area contributed by atoms with Gasteiger partial charge in [-0.25, -0.2) is 4.79 Å². The molecule has 0 aromatic heterocycles. The van der Waals surface area contributed by atoms with Gasteiger partial charge in [0.25, 0.3) is 0 Å². The van der Waals surface area contributed by atoms with E-state index in [-0.39, 0.29) is 18.6 Å². The average molecular weight is 451 g/mol. The van der Waals surface area contributed by atoms with Gasteiger partial charge in [0.2, 0.25) is 23.6 Å². The Labute approximate surface area is 184 Å². The number of primary amides is 1. The third-order valence-electron chi connectivity index (χ3n) is 4.44. The van der Waals surface area contributed by atoms with Crippen LogP contribution < -0.4 is 27.4 Å². The highest BCUT2D eigenvalue weighted by atomic mass is 16.4. The molecule has 3 atom stereocenters. The summed E-state index contributed by atoms with van der Waals surface area (Å²) in [4.78, 5) is 59.0. The Morgan fingerprint density at radius 3 is 2.09 bits per heavy atom. The van der Waals surface area contributed by atoms with Crippen LogP contribution in [0.25, 0.3) is 0 Å². The van der Waals surface area contributed by atoms with Crippen LogP contribution in [0.2, 0.25) is 0 Å². The molecule has 1 aromatic rings. The molecule has 4 amide bonds. The van der Waals surface area contributed by atoms with Crippen molar-refractivity contribution < 1.29 is 34.2 Å². The van der Waals surface area contributed by atoms with Crippen molar-refractivity contribution in [2.75, 3.05) is 6.54 Å². The van der Waals surface area contributed by atoms with Gasteiger partial charge in [-0.15, -0.1) is 0 Å². The molecule has 3 unspecified atom stereocenters. The molecule has 0 spiro atoms. The number of carboxylic acids is 1. The highest BCUT2D eigenvalue weighted by molar-refractivity contribution is 5.93. The van der Waals surface area contributed by atoms with Crippen LogP contribution in [0.4, 0.5) is 0 Å². The fourth-order valence-electron chi connectivity index (χ4n) is 2.70. The number of rotatable bonds is 12. The number of carboxylic acid groups (broad SMARTS) is 1. The predicted molar refractivity (Wildman–Crippen MR) is 113 cm³/mol. The molecule has 0 fully saturated rings. The highest BCUT2D eigenvalue weighted by Crippen LogP contribution is 2.12. The van der Waals surface area contributed by atoms with Crippen LogP contribution in [0, 0.1) is 5.92 Å². The molecule has 0 aliphatic heterocycles. The SMILES string of the molecule is CC(C)C(NC(=O)CNC(=O)C(N)CC(N)=O)C(=O)NC(Cc1ccc(O)cc1)C(=O)O. The zero-order chi connectivity index (χ0) is 24.4. The van der Waals surface area contributed by atoms with E-state index in [0.717, 1.165) is 0 Å². The normalized spacial score (nSPS) is 13.5. The third-order valence-corrected chi connectivity index (χ3v) is 4.44. The Balaban J connectivity index is 2.71. The Bertz CT molecular complexity index is 841. The summed E-state index contributed by atoms with van der Waals surface area (Å²) in [6.45, 7) is 2.81. The number of amides is 4. The van der Waals surface area contributed by atoms with Gasteiger partial charge < -0.3 is 37.6 Å². The second-order valence-electron chi connectivity index (χ2n) is 7.55. The van der Waals surface area contributed by atoms with Crippen molar-refractivity contribution >= 4 is 29.6 Å². The number of nitrogens with one attached hydrogen (secondary N) is 3. The molecule has 0 saturated carbocycles. The number of phenols is 1. The summed E-state index contributed by atoms with van der Waals surface area (Å²) in [5.74, 6) is -4.58. The molecule has 0 saturated heterocycles. The number of benzene rings is 1. The summed E-state index contributed by atoms with van der Waals surface area (Å²) in [7, 11) is 0. The summed E-state index contributed by atoms with van der Waals surface area (Å²) in [6.07, 6.45) is -0.421. The molecule has 0 radical (unpaired) electrons. The number of hydrogen-bond acceptors (Lipinski definition) is 7. The number of carbonyl (C=O) groups excluding carboxylic acids is 4. The first kappa shape index (κ1) is 26.4. The molecule has 12 nitrogen and oxygen atoms in total. The Kier molecular flexibility index (Phi) is 10.1. The first-order chi connectivity index (χ1) is 14.9. The second-order valence-corrected chi connectivity index (χ2v) is 7.55. The molecule has 32 heavy (non-hydrogen) atoms. The third kappa shape index (κ3) is 9.00. The zero-order valence-corrected chi connectivity index (χ0v) is 17.8. The lowest BCUT2D eigenvalue weighted by Crippen LogP contribution is -2.56. The molecule has 9 N–H and O–H groups in total. The molecule has 1 rings (SSSR count). The monoisotopic (exact) mass is 451 g/mol. The van der Waals surface area contributed by atoms with Gasteiger partial charge in [0.1, 0.15) is 17.8 Å². The zero-order valence-electron chi connectivity index (χ0n) is 17.8. The summed E-state index contributed by atoms with van der Waals surface area (Å²) in [5.41, 5.74) is 11.0. The highest BCUT2D eigenvalue weighted by Gasteiger charge is 2.29. The van der Waals surface area contributed by atoms with Crippen molar-refractivity contribution in [1.29, 1.82) is 0 Å². The second kappa shape index (κ2) is 12.2. The van der Waals surface area contributed by atoms with Gasteiger partial charge in [-0.3, -0.25) is 19.2 Å². The topological polar surface area (TPSA) is 214 Å². The van der Waals surface area contributed by atoms with E-state index in [1.165, 1.54) is 24.3 Å². The van der Waals surface area contributed by atoms with Gasteiger partial charge >= 0.3 is 5.97 Å². The number of hydrogen-bond donors (Lipinski definition) is 7. The van der Waals surface area contributed by atoms with Crippen LogP contribution in [0.3, 0.4) is 0 Å². The molecule has 0 aliphatic rings. The van der Waals surface area contributed by atoms with E-state index < -0.39 is 60.2 Å². The fourth-order valence-corrected chi connectivity index (χ4v) is 2.70.